The Morgan fingerprint density at radius 1 is 0.913 bits per heavy atom. The number of hydrogen-bond acceptors (Lipinski definition) is 1. The van der Waals surface area contributed by atoms with Gasteiger partial charge < -0.3 is 4.43 Å². The second kappa shape index (κ2) is 6.60. The van der Waals surface area contributed by atoms with Crippen molar-refractivity contribution in [3.8, 4) is 17.6 Å². The summed E-state index contributed by atoms with van der Waals surface area (Å²) in [4.78, 5) is 0. The zero-order valence-corrected chi connectivity index (χ0v) is 15.4. The number of rotatable bonds is 2. The van der Waals surface area contributed by atoms with Gasteiger partial charge in [0.05, 0.1) is 0 Å². The summed E-state index contributed by atoms with van der Waals surface area (Å²) in [6.07, 6.45) is 0. The molecule has 23 heavy (non-hydrogen) atoms. The lowest BCUT2D eigenvalue weighted by Gasteiger charge is -2.36. The molecule has 0 bridgehead atoms. The predicted molar refractivity (Wildman–Crippen MR) is 96.6 cm³/mol. The van der Waals surface area contributed by atoms with Crippen molar-refractivity contribution in [2.45, 2.75) is 38.9 Å². The lowest BCUT2D eigenvalue weighted by molar-refractivity contribution is 0.492. The van der Waals surface area contributed by atoms with Gasteiger partial charge in [0.2, 0.25) is 8.32 Å². The van der Waals surface area contributed by atoms with Crippen molar-refractivity contribution >= 4 is 8.32 Å². The van der Waals surface area contributed by atoms with Gasteiger partial charge in [0.15, 0.2) is 0 Å². The van der Waals surface area contributed by atoms with Crippen LogP contribution >= 0.6 is 0 Å². The predicted octanol–water partition coefficient (Wildman–Crippen LogP) is 5.61. The maximum absolute atomic E-state index is 13.1. The third kappa shape index (κ3) is 4.71. The Hall–Kier alpha value is -2.05. The van der Waals surface area contributed by atoms with E-state index in [1.54, 1.807) is 12.1 Å². The Morgan fingerprint density at radius 2 is 1.52 bits per heavy atom. The van der Waals surface area contributed by atoms with Gasteiger partial charge in [-0.15, -0.1) is 0 Å². The summed E-state index contributed by atoms with van der Waals surface area (Å²) in [5.74, 6) is 6.63. The van der Waals surface area contributed by atoms with E-state index in [4.69, 9.17) is 4.43 Å². The van der Waals surface area contributed by atoms with E-state index in [9.17, 15) is 4.39 Å². The van der Waals surface area contributed by atoms with E-state index in [1.807, 2.05) is 24.3 Å². The summed E-state index contributed by atoms with van der Waals surface area (Å²) >= 11 is 0. The molecule has 0 unspecified atom stereocenters. The molecule has 0 saturated heterocycles. The molecule has 0 heterocycles. The molecule has 0 fully saturated rings. The fraction of sp³-hybridized carbons (Fsp3) is 0.300. The van der Waals surface area contributed by atoms with E-state index in [0.717, 1.165) is 11.3 Å². The summed E-state index contributed by atoms with van der Waals surface area (Å²) in [7, 11) is -1.82. The molecule has 0 saturated carbocycles. The summed E-state index contributed by atoms with van der Waals surface area (Å²) in [6.45, 7) is 11.1. The van der Waals surface area contributed by atoms with E-state index in [-0.39, 0.29) is 10.9 Å². The first-order chi connectivity index (χ1) is 10.7. The summed E-state index contributed by atoms with van der Waals surface area (Å²) in [5.41, 5.74) is 1.56. The second-order valence-corrected chi connectivity index (χ2v) is 11.9. The van der Waals surface area contributed by atoms with Crippen LogP contribution in [0.25, 0.3) is 0 Å². The van der Waals surface area contributed by atoms with Crippen molar-refractivity contribution in [2.75, 3.05) is 0 Å². The average molecular weight is 326 g/mol. The minimum Gasteiger partial charge on any atom is -0.544 e. The van der Waals surface area contributed by atoms with Crippen molar-refractivity contribution in [2.24, 2.45) is 0 Å². The SMILES string of the molecule is CC(C)(C)[Si](C)(C)Oc1ccc(C#Cc2cccc(F)c2)cc1. The molecule has 0 amide bonds. The van der Waals surface area contributed by atoms with Gasteiger partial charge in [0.25, 0.3) is 0 Å². The van der Waals surface area contributed by atoms with Crippen LogP contribution in [0.15, 0.2) is 48.5 Å². The fourth-order valence-electron chi connectivity index (χ4n) is 1.76. The average Bonchev–Trinajstić information content (AvgIpc) is 2.45. The third-order valence-corrected chi connectivity index (χ3v) is 8.57. The summed E-state index contributed by atoms with van der Waals surface area (Å²) in [6, 6.07) is 14.1. The van der Waals surface area contributed by atoms with E-state index in [0.29, 0.717) is 5.56 Å². The van der Waals surface area contributed by atoms with Crippen LogP contribution in [0.3, 0.4) is 0 Å². The lowest BCUT2D eigenvalue weighted by atomic mass is 10.2. The van der Waals surface area contributed by atoms with Gasteiger partial charge in [0.1, 0.15) is 11.6 Å². The minimum atomic E-state index is -1.82. The van der Waals surface area contributed by atoms with Gasteiger partial charge in [-0.2, -0.15) is 0 Å². The molecule has 2 aromatic carbocycles. The van der Waals surface area contributed by atoms with Gasteiger partial charge in [-0.3, -0.25) is 0 Å². The van der Waals surface area contributed by atoms with Gasteiger partial charge in [0, 0.05) is 11.1 Å². The van der Waals surface area contributed by atoms with E-state index < -0.39 is 8.32 Å². The largest absolute Gasteiger partial charge is 0.544 e. The highest BCUT2D eigenvalue weighted by molar-refractivity contribution is 6.74. The molecule has 0 aromatic heterocycles. The first kappa shape index (κ1) is 17.3. The molecule has 1 nitrogen and oxygen atoms in total. The monoisotopic (exact) mass is 326 g/mol. The Kier molecular flexibility index (Phi) is 4.96. The van der Waals surface area contributed by atoms with Crippen LogP contribution in [0.1, 0.15) is 31.9 Å². The molecular formula is C20H23FOSi. The van der Waals surface area contributed by atoms with Crippen LogP contribution in [-0.4, -0.2) is 8.32 Å². The van der Waals surface area contributed by atoms with Crippen LogP contribution in [0.5, 0.6) is 5.75 Å². The molecule has 120 valence electrons. The van der Waals surface area contributed by atoms with E-state index in [2.05, 4.69) is 45.7 Å². The topological polar surface area (TPSA) is 9.23 Å². The number of hydrogen-bond donors (Lipinski definition) is 0. The highest BCUT2D eigenvalue weighted by atomic mass is 28.4. The lowest BCUT2D eigenvalue weighted by Crippen LogP contribution is -2.43. The molecule has 0 aliphatic rings. The third-order valence-electron chi connectivity index (χ3n) is 4.21. The van der Waals surface area contributed by atoms with Crippen LogP contribution in [0, 0.1) is 17.7 Å². The van der Waals surface area contributed by atoms with Crippen molar-refractivity contribution < 1.29 is 8.82 Å². The highest BCUT2D eigenvalue weighted by Crippen LogP contribution is 2.37. The molecule has 0 atom stereocenters. The van der Waals surface area contributed by atoms with Crippen molar-refractivity contribution in [1.29, 1.82) is 0 Å². The Bertz CT molecular complexity index is 731. The number of benzene rings is 2. The molecule has 2 rings (SSSR count). The van der Waals surface area contributed by atoms with Gasteiger partial charge in [-0.25, -0.2) is 4.39 Å². The van der Waals surface area contributed by atoms with Gasteiger partial charge in [-0.1, -0.05) is 38.7 Å². The molecule has 0 aliphatic carbocycles. The smallest absolute Gasteiger partial charge is 0.250 e. The molecule has 2 aromatic rings. The summed E-state index contributed by atoms with van der Waals surface area (Å²) in [5, 5.41) is 0.170. The van der Waals surface area contributed by atoms with Crippen LogP contribution in [-0.2, 0) is 0 Å². The maximum atomic E-state index is 13.1. The van der Waals surface area contributed by atoms with Crippen molar-refractivity contribution in [3.63, 3.8) is 0 Å². The van der Waals surface area contributed by atoms with Gasteiger partial charge >= 0.3 is 0 Å². The number of halogens is 1. The Morgan fingerprint density at radius 3 is 2.09 bits per heavy atom. The standard InChI is InChI=1S/C20H23FOSi/c1-20(2,3)23(4,5)22-19-13-11-16(12-14-19)9-10-17-7-6-8-18(21)15-17/h6-8,11-15H,1-5H3. The van der Waals surface area contributed by atoms with Crippen molar-refractivity contribution in [3.05, 3.63) is 65.5 Å². The van der Waals surface area contributed by atoms with Crippen LogP contribution in [0.2, 0.25) is 18.1 Å². The van der Waals surface area contributed by atoms with Crippen LogP contribution in [0.4, 0.5) is 4.39 Å². The molecule has 3 heteroatoms. The van der Waals surface area contributed by atoms with Crippen LogP contribution < -0.4 is 4.43 Å². The first-order valence-electron chi connectivity index (χ1n) is 7.74. The normalized spacial score (nSPS) is 11.6. The Labute approximate surface area is 139 Å². The highest BCUT2D eigenvalue weighted by Gasteiger charge is 2.38. The Balaban J connectivity index is 2.12. The fourth-order valence-corrected chi connectivity index (χ4v) is 2.80. The van der Waals surface area contributed by atoms with Gasteiger partial charge in [-0.05, 0) is 60.6 Å². The first-order valence-corrected chi connectivity index (χ1v) is 10.6. The summed E-state index contributed by atoms with van der Waals surface area (Å²) < 4.78 is 19.4. The minimum absolute atomic E-state index is 0.170. The zero-order valence-electron chi connectivity index (χ0n) is 14.4. The quantitative estimate of drug-likeness (QED) is 0.515. The molecular weight excluding hydrogens is 303 g/mol. The zero-order chi connectivity index (χ0) is 17.1. The molecule has 0 radical (unpaired) electrons. The second-order valence-electron chi connectivity index (χ2n) is 7.15. The maximum Gasteiger partial charge on any atom is 0.250 e. The van der Waals surface area contributed by atoms with E-state index >= 15 is 0 Å². The molecule has 0 aliphatic heterocycles. The molecule has 0 N–H and O–H groups in total. The van der Waals surface area contributed by atoms with E-state index in [1.165, 1.54) is 12.1 Å². The molecule has 0 spiro atoms. The van der Waals surface area contributed by atoms with Crippen molar-refractivity contribution in [1.82, 2.24) is 0 Å².